The van der Waals surface area contributed by atoms with E-state index in [2.05, 4.69) is 15.9 Å². The summed E-state index contributed by atoms with van der Waals surface area (Å²) < 4.78 is 11.5. The van der Waals surface area contributed by atoms with Crippen LogP contribution in [0.2, 0.25) is 0 Å². The Morgan fingerprint density at radius 3 is 2.85 bits per heavy atom. The average molecular weight is 344 g/mol. The highest BCUT2D eigenvalue weighted by atomic mass is 79.9. The van der Waals surface area contributed by atoms with Gasteiger partial charge in [0.15, 0.2) is 5.75 Å². The van der Waals surface area contributed by atoms with Gasteiger partial charge in [-0.15, -0.1) is 0 Å². The number of alkyl halides is 1. The van der Waals surface area contributed by atoms with Gasteiger partial charge >= 0.3 is 5.69 Å². The maximum atomic E-state index is 11.1. The minimum Gasteiger partial charge on any atom is -0.481 e. The van der Waals surface area contributed by atoms with Gasteiger partial charge < -0.3 is 9.47 Å². The minimum atomic E-state index is -0.392. The standard InChI is InChI=1S/C14H18BrNO4/c1-3-7-19-14-10(15)8-12(14)20-11-6-4-5-9(2)13(11)16(17)18/h4-6,10,12,14H,3,7-8H2,1-2H3. The zero-order chi connectivity index (χ0) is 14.7. The van der Waals surface area contributed by atoms with Gasteiger partial charge in [0, 0.05) is 23.4 Å². The Morgan fingerprint density at radius 1 is 1.50 bits per heavy atom. The van der Waals surface area contributed by atoms with Crippen molar-refractivity contribution in [3.63, 3.8) is 0 Å². The topological polar surface area (TPSA) is 61.6 Å². The molecule has 2 rings (SSSR count). The molecule has 0 N–H and O–H groups in total. The van der Waals surface area contributed by atoms with Crippen LogP contribution in [0.15, 0.2) is 18.2 Å². The molecule has 0 amide bonds. The van der Waals surface area contributed by atoms with Gasteiger partial charge in [0.1, 0.15) is 12.2 Å². The Labute approximate surface area is 126 Å². The van der Waals surface area contributed by atoms with Crippen molar-refractivity contribution >= 4 is 21.6 Å². The lowest BCUT2D eigenvalue weighted by Crippen LogP contribution is -2.52. The molecule has 110 valence electrons. The van der Waals surface area contributed by atoms with Crippen molar-refractivity contribution in [2.24, 2.45) is 0 Å². The fourth-order valence-corrected chi connectivity index (χ4v) is 3.09. The molecule has 0 bridgehead atoms. The first-order chi connectivity index (χ1) is 9.54. The van der Waals surface area contributed by atoms with E-state index in [0.717, 1.165) is 12.8 Å². The van der Waals surface area contributed by atoms with Crippen molar-refractivity contribution in [3.8, 4) is 5.75 Å². The summed E-state index contributed by atoms with van der Waals surface area (Å²) in [5.41, 5.74) is 0.646. The molecule has 3 atom stereocenters. The summed E-state index contributed by atoms with van der Waals surface area (Å²) in [6.45, 7) is 4.43. The van der Waals surface area contributed by atoms with E-state index < -0.39 is 4.92 Å². The lowest BCUT2D eigenvalue weighted by molar-refractivity contribution is -0.386. The lowest BCUT2D eigenvalue weighted by atomic mass is 9.91. The second-order valence-electron chi connectivity index (χ2n) is 4.92. The van der Waals surface area contributed by atoms with Crippen molar-refractivity contribution in [2.45, 2.75) is 43.7 Å². The third-order valence-corrected chi connectivity index (χ3v) is 4.25. The van der Waals surface area contributed by atoms with E-state index in [4.69, 9.17) is 9.47 Å². The molecular formula is C14H18BrNO4. The van der Waals surface area contributed by atoms with Crippen LogP contribution < -0.4 is 4.74 Å². The summed E-state index contributed by atoms with van der Waals surface area (Å²) >= 11 is 3.53. The molecule has 6 heteroatoms. The van der Waals surface area contributed by atoms with Crippen molar-refractivity contribution in [1.82, 2.24) is 0 Å². The summed E-state index contributed by atoms with van der Waals surface area (Å²) in [5, 5.41) is 11.1. The first-order valence-corrected chi connectivity index (χ1v) is 7.62. The number of benzene rings is 1. The molecule has 1 aromatic carbocycles. The first kappa shape index (κ1) is 15.3. The lowest BCUT2D eigenvalue weighted by Gasteiger charge is -2.40. The number of hydrogen-bond acceptors (Lipinski definition) is 4. The number of para-hydroxylation sites is 1. The second kappa shape index (κ2) is 6.54. The predicted molar refractivity (Wildman–Crippen MR) is 79.6 cm³/mol. The molecule has 5 nitrogen and oxygen atoms in total. The average Bonchev–Trinajstić information content (AvgIpc) is 2.38. The SMILES string of the molecule is CCCOC1C(Br)CC1Oc1cccc(C)c1[N+](=O)[O-]. The highest BCUT2D eigenvalue weighted by molar-refractivity contribution is 9.09. The van der Waals surface area contributed by atoms with E-state index in [1.54, 1.807) is 25.1 Å². The van der Waals surface area contributed by atoms with Crippen LogP contribution in [0.1, 0.15) is 25.3 Å². The molecule has 1 aliphatic rings. The van der Waals surface area contributed by atoms with Gasteiger partial charge in [0.25, 0.3) is 0 Å². The number of ether oxygens (including phenoxy) is 2. The van der Waals surface area contributed by atoms with E-state index in [0.29, 0.717) is 17.9 Å². The molecular weight excluding hydrogens is 326 g/mol. The number of hydrogen-bond donors (Lipinski definition) is 0. The van der Waals surface area contributed by atoms with E-state index in [-0.39, 0.29) is 22.7 Å². The summed E-state index contributed by atoms with van der Waals surface area (Å²) in [6.07, 6.45) is 1.55. The van der Waals surface area contributed by atoms with Crippen LogP contribution in [0.25, 0.3) is 0 Å². The van der Waals surface area contributed by atoms with Gasteiger partial charge in [0.2, 0.25) is 0 Å². The summed E-state index contributed by atoms with van der Waals surface area (Å²) in [4.78, 5) is 11.0. The van der Waals surface area contributed by atoms with Crippen LogP contribution in [0, 0.1) is 17.0 Å². The van der Waals surface area contributed by atoms with E-state index in [1.165, 1.54) is 0 Å². The van der Waals surface area contributed by atoms with Gasteiger partial charge in [-0.05, 0) is 19.4 Å². The largest absolute Gasteiger partial charge is 0.481 e. The van der Waals surface area contributed by atoms with Crippen molar-refractivity contribution < 1.29 is 14.4 Å². The second-order valence-corrected chi connectivity index (χ2v) is 6.10. The Kier molecular flexibility index (Phi) is 4.99. The van der Waals surface area contributed by atoms with Crippen molar-refractivity contribution in [3.05, 3.63) is 33.9 Å². The Morgan fingerprint density at radius 2 is 2.25 bits per heavy atom. The van der Waals surface area contributed by atoms with Gasteiger partial charge in [-0.3, -0.25) is 10.1 Å². The summed E-state index contributed by atoms with van der Waals surface area (Å²) in [7, 11) is 0. The molecule has 0 aliphatic heterocycles. The highest BCUT2D eigenvalue weighted by Crippen LogP contribution is 2.38. The van der Waals surface area contributed by atoms with Gasteiger partial charge in [-0.2, -0.15) is 0 Å². The van der Waals surface area contributed by atoms with E-state index >= 15 is 0 Å². The van der Waals surface area contributed by atoms with E-state index in [9.17, 15) is 10.1 Å². The molecule has 1 aromatic rings. The first-order valence-electron chi connectivity index (χ1n) is 6.71. The Balaban J connectivity index is 2.11. The zero-order valence-corrected chi connectivity index (χ0v) is 13.1. The van der Waals surface area contributed by atoms with Crippen LogP contribution in [-0.2, 0) is 4.74 Å². The van der Waals surface area contributed by atoms with Crippen LogP contribution in [0.5, 0.6) is 5.75 Å². The smallest absolute Gasteiger partial charge is 0.313 e. The van der Waals surface area contributed by atoms with Gasteiger partial charge in [-0.25, -0.2) is 0 Å². The molecule has 1 fully saturated rings. The number of nitrogens with zero attached hydrogens (tertiary/aromatic N) is 1. The molecule has 3 unspecified atom stereocenters. The third-order valence-electron chi connectivity index (χ3n) is 3.36. The van der Waals surface area contributed by atoms with Crippen LogP contribution in [0.3, 0.4) is 0 Å². The quantitative estimate of drug-likeness (QED) is 0.449. The maximum Gasteiger partial charge on any atom is 0.313 e. The summed E-state index contributed by atoms with van der Waals surface area (Å²) in [6, 6.07) is 5.12. The van der Waals surface area contributed by atoms with E-state index in [1.807, 2.05) is 6.92 Å². The molecule has 0 heterocycles. The number of rotatable bonds is 6. The molecule has 0 saturated heterocycles. The molecule has 1 saturated carbocycles. The fraction of sp³-hybridized carbons (Fsp3) is 0.571. The van der Waals surface area contributed by atoms with Gasteiger partial charge in [0.05, 0.1) is 4.92 Å². The van der Waals surface area contributed by atoms with Crippen molar-refractivity contribution in [1.29, 1.82) is 0 Å². The number of nitro groups is 1. The number of halogens is 1. The van der Waals surface area contributed by atoms with Crippen LogP contribution in [-0.4, -0.2) is 28.6 Å². The monoisotopic (exact) mass is 343 g/mol. The third kappa shape index (κ3) is 3.12. The minimum absolute atomic E-state index is 0.0414. The number of nitro benzene ring substituents is 1. The predicted octanol–water partition coefficient (Wildman–Crippen LogP) is 3.61. The fourth-order valence-electron chi connectivity index (χ4n) is 2.23. The highest BCUT2D eigenvalue weighted by Gasteiger charge is 2.43. The normalized spacial score (nSPS) is 25.1. The molecule has 0 spiro atoms. The zero-order valence-electron chi connectivity index (χ0n) is 11.5. The molecule has 0 radical (unpaired) electrons. The van der Waals surface area contributed by atoms with Crippen LogP contribution >= 0.6 is 15.9 Å². The molecule has 1 aliphatic carbocycles. The molecule has 0 aromatic heterocycles. The van der Waals surface area contributed by atoms with Crippen molar-refractivity contribution in [2.75, 3.05) is 6.61 Å². The maximum absolute atomic E-state index is 11.1. The molecule has 20 heavy (non-hydrogen) atoms. The number of aryl methyl sites for hydroxylation is 1. The Bertz CT molecular complexity index is 494. The Hall–Kier alpha value is -1.14. The summed E-state index contributed by atoms with van der Waals surface area (Å²) in [5.74, 6) is 0.324. The van der Waals surface area contributed by atoms with Crippen LogP contribution in [0.4, 0.5) is 5.69 Å². The van der Waals surface area contributed by atoms with Gasteiger partial charge in [-0.1, -0.05) is 35.0 Å².